The zero-order chi connectivity index (χ0) is 24.9. The number of nitrogens with one attached hydrogen (secondary N) is 3. The van der Waals surface area contributed by atoms with Crippen molar-refractivity contribution in [3.8, 4) is 0 Å². The number of nitrogens with zero attached hydrogens (tertiary/aromatic N) is 2. The molecular formula is C27H35N5O4. The number of anilines is 1. The molecular weight excluding hydrogens is 458 g/mol. The van der Waals surface area contributed by atoms with Crippen LogP contribution in [0.3, 0.4) is 0 Å². The first-order chi connectivity index (χ1) is 17.4. The van der Waals surface area contributed by atoms with Crippen LogP contribution in [0.4, 0.5) is 5.69 Å². The molecule has 1 aromatic carbocycles. The number of amides is 4. The highest BCUT2D eigenvalue weighted by atomic mass is 16.2. The van der Waals surface area contributed by atoms with E-state index in [9.17, 15) is 19.2 Å². The fraction of sp³-hybridized carbons (Fsp3) is 0.630. The minimum Gasteiger partial charge on any atom is -0.382 e. The van der Waals surface area contributed by atoms with Crippen LogP contribution in [0.1, 0.15) is 72.1 Å². The number of benzene rings is 1. The summed E-state index contributed by atoms with van der Waals surface area (Å²) in [5.41, 5.74) is 1.74. The summed E-state index contributed by atoms with van der Waals surface area (Å²) >= 11 is 0. The molecule has 1 saturated carbocycles. The van der Waals surface area contributed by atoms with Crippen molar-refractivity contribution in [2.24, 2.45) is 11.3 Å². The fourth-order valence-corrected chi connectivity index (χ4v) is 6.99. The first kappa shape index (κ1) is 23.6. The maximum atomic E-state index is 13.3. The molecule has 0 radical (unpaired) electrons. The molecule has 4 fully saturated rings. The summed E-state index contributed by atoms with van der Waals surface area (Å²) in [6.07, 6.45) is 7.47. The first-order valence-corrected chi connectivity index (χ1v) is 13.5. The van der Waals surface area contributed by atoms with E-state index in [1.807, 2.05) is 6.07 Å². The SMILES string of the molecule is O=C1CCC(N2C(=O)c3cccc(NC4CC5(CCN(CC6CCNCC6)CC5)C4)c3C2=O)C(=O)N1. The highest BCUT2D eigenvalue weighted by Crippen LogP contribution is 2.50. The van der Waals surface area contributed by atoms with Crippen molar-refractivity contribution in [1.29, 1.82) is 0 Å². The first-order valence-electron chi connectivity index (χ1n) is 13.5. The Morgan fingerprint density at radius 2 is 1.72 bits per heavy atom. The molecule has 9 nitrogen and oxygen atoms in total. The van der Waals surface area contributed by atoms with E-state index in [4.69, 9.17) is 0 Å². The number of likely N-dealkylation sites (tertiary alicyclic amines) is 1. The van der Waals surface area contributed by atoms with Crippen molar-refractivity contribution >= 4 is 29.3 Å². The molecule has 1 unspecified atom stereocenters. The highest BCUT2D eigenvalue weighted by molar-refractivity contribution is 6.25. The number of hydrogen-bond donors (Lipinski definition) is 3. The molecule has 36 heavy (non-hydrogen) atoms. The molecule has 1 aromatic rings. The fourth-order valence-electron chi connectivity index (χ4n) is 6.99. The lowest BCUT2D eigenvalue weighted by atomic mass is 9.60. The number of imide groups is 2. The predicted octanol–water partition coefficient (Wildman–Crippen LogP) is 1.74. The molecule has 192 valence electrons. The van der Waals surface area contributed by atoms with Crippen molar-refractivity contribution in [3.05, 3.63) is 29.3 Å². The molecule has 0 bridgehead atoms. The molecule has 4 aliphatic heterocycles. The molecule has 4 heterocycles. The zero-order valence-electron chi connectivity index (χ0n) is 20.7. The average molecular weight is 494 g/mol. The minimum atomic E-state index is -0.940. The number of rotatable bonds is 5. The Morgan fingerprint density at radius 1 is 0.972 bits per heavy atom. The van der Waals surface area contributed by atoms with Gasteiger partial charge in [-0.2, -0.15) is 0 Å². The molecule has 1 spiro atoms. The van der Waals surface area contributed by atoms with Gasteiger partial charge in [-0.3, -0.25) is 29.4 Å². The van der Waals surface area contributed by atoms with Gasteiger partial charge in [-0.15, -0.1) is 0 Å². The Morgan fingerprint density at radius 3 is 2.44 bits per heavy atom. The summed E-state index contributed by atoms with van der Waals surface area (Å²) < 4.78 is 0. The van der Waals surface area contributed by atoms with Crippen LogP contribution in [0, 0.1) is 11.3 Å². The van der Waals surface area contributed by atoms with Crippen LogP contribution < -0.4 is 16.0 Å². The summed E-state index contributed by atoms with van der Waals surface area (Å²) in [4.78, 5) is 54.0. The molecule has 0 aromatic heterocycles. The van der Waals surface area contributed by atoms with Gasteiger partial charge in [-0.1, -0.05) is 6.07 Å². The second kappa shape index (κ2) is 9.27. The number of carbonyl (C=O) groups excluding carboxylic acids is 4. The molecule has 3 N–H and O–H groups in total. The van der Waals surface area contributed by atoms with Crippen molar-refractivity contribution < 1.29 is 19.2 Å². The van der Waals surface area contributed by atoms with Gasteiger partial charge in [0.15, 0.2) is 0 Å². The lowest BCUT2D eigenvalue weighted by Crippen LogP contribution is -2.54. The van der Waals surface area contributed by atoms with Crippen molar-refractivity contribution in [3.63, 3.8) is 0 Å². The Balaban J connectivity index is 1.07. The lowest BCUT2D eigenvalue weighted by molar-refractivity contribution is -0.136. The van der Waals surface area contributed by atoms with Gasteiger partial charge in [-0.25, -0.2) is 0 Å². The quantitative estimate of drug-likeness (QED) is 0.536. The lowest BCUT2D eigenvalue weighted by Gasteiger charge is -2.53. The Labute approximate surface area is 211 Å². The Kier molecular flexibility index (Phi) is 6.08. The molecule has 4 amide bonds. The van der Waals surface area contributed by atoms with Gasteiger partial charge < -0.3 is 15.5 Å². The van der Waals surface area contributed by atoms with E-state index in [0.717, 1.165) is 36.7 Å². The van der Waals surface area contributed by atoms with Crippen LogP contribution in [0.15, 0.2) is 18.2 Å². The number of piperidine rings is 3. The third kappa shape index (κ3) is 4.22. The Bertz CT molecular complexity index is 1080. The smallest absolute Gasteiger partial charge is 0.264 e. The van der Waals surface area contributed by atoms with Gasteiger partial charge in [0.05, 0.1) is 11.1 Å². The monoisotopic (exact) mass is 493 g/mol. The summed E-state index contributed by atoms with van der Waals surface area (Å²) in [5, 5.41) is 9.25. The van der Waals surface area contributed by atoms with Crippen LogP contribution >= 0.6 is 0 Å². The summed E-state index contributed by atoms with van der Waals surface area (Å²) in [7, 11) is 0. The number of fused-ring (bicyclic) bond motifs is 1. The van der Waals surface area contributed by atoms with Gasteiger partial charge in [-0.05, 0) is 94.6 Å². The summed E-state index contributed by atoms with van der Waals surface area (Å²) in [5.74, 6) is -1.03. The van der Waals surface area contributed by atoms with E-state index < -0.39 is 23.8 Å². The minimum absolute atomic E-state index is 0.119. The van der Waals surface area contributed by atoms with Crippen LogP contribution in [-0.4, -0.2) is 78.2 Å². The van der Waals surface area contributed by atoms with Crippen molar-refractivity contribution in [1.82, 2.24) is 20.4 Å². The van der Waals surface area contributed by atoms with Crippen molar-refractivity contribution in [2.75, 3.05) is 38.0 Å². The van der Waals surface area contributed by atoms with E-state index in [2.05, 4.69) is 20.9 Å². The topological polar surface area (TPSA) is 111 Å². The molecule has 1 aliphatic carbocycles. The molecule has 1 atom stereocenters. The molecule has 5 aliphatic rings. The Hall–Kier alpha value is -2.78. The van der Waals surface area contributed by atoms with E-state index >= 15 is 0 Å². The maximum absolute atomic E-state index is 13.3. The van der Waals surface area contributed by atoms with E-state index in [1.54, 1.807) is 12.1 Å². The maximum Gasteiger partial charge on any atom is 0.264 e. The van der Waals surface area contributed by atoms with E-state index in [0.29, 0.717) is 22.2 Å². The van der Waals surface area contributed by atoms with Gasteiger partial charge >= 0.3 is 0 Å². The van der Waals surface area contributed by atoms with Gasteiger partial charge in [0, 0.05) is 24.7 Å². The van der Waals surface area contributed by atoms with Gasteiger partial charge in [0.25, 0.3) is 11.8 Å². The third-order valence-electron chi connectivity index (χ3n) is 9.08. The van der Waals surface area contributed by atoms with Crippen molar-refractivity contribution in [2.45, 2.75) is 63.5 Å². The normalized spacial score (nSPS) is 27.2. The molecule has 3 saturated heterocycles. The zero-order valence-corrected chi connectivity index (χ0v) is 20.7. The van der Waals surface area contributed by atoms with Crippen LogP contribution in [0.5, 0.6) is 0 Å². The highest BCUT2D eigenvalue weighted by Gasteiger charge is 2.48. The van der Waals surface area contributed by atoms with Crippen LogP contribution in [0.25, 0.3) is 0 Å². The second-order valence-electron chi connectivity index (χ2n) is 11.4. The standard InChI is InChI=1S/C27H35N5O4/c33-22-5-4-21(24(34)30-22)32-25(35)19-2-1-3-20(23(19)26(32)36)29-18-14-27(15-18)8-12-31(13-9-27)16-17-6-10-28-11-7-17/h1-3,17-18,21,28-29H,4-16H2,(H,30,33,34). The van der Waals surface area contributed by atoms with E-state index in [-0.39, 0.29) is 24.8 Å². The largest absolute Gasteiger partial charge is 0.382 e. The third-order valence-corrected chi connectivity index (χ3v) is 9.08. The average Bonchev–Trinajstić information content (AvgIpc) is 3.11. The number of hydrogen-bond acceptors (Lipinski definition) is 7. The van der Waals surface area contributed by atoms with Crippen LogP contribution in [0.2, 0.25) is 0 Å². The van der Waals surface area contributed by atoms with Gasteiger partial charge in [0.1, 0.15) is 6.04 Å². The summed E-state index contributed by atoms with van der Waals surface area (Å²) in [6.45, 7) is 5.88. The number of carbonyl (C=O) groups is 4. The predicted molar refractivity (Wildman–Crippen MR) is 133 cm³/mol. The molecule has 9 heteroatoms. The molecule has 6 rings (SSSR count). The second-order valence-corrected chi connectivity index (χ2v) is 11.4. The summed E-state index contributed by atoms with van der Waals surface area (Å²) in [6, 6.07) is 4.62. The van der Waals surface area contributed by atoms with E-state index in [1.165, 1.54) is 45.3 Å². The van der Waals surface area contributed by atoms with Crippen LogP contribution in [-0.2, 0) is 9.59 Å². The van der Waals surface area contributed by atoms with Gasteiger partial charge in [0.2, 0.25) is 11.8 Å².